The van der Waals surface area contributed by atoms with Crippen molar-refractivity contribution in [3.05, 3.63) is 65.3 Å². The zero-order valence-corrected chi connectivity index (χ0v) is 18.4. The molecule has 3 aromatic rings. The predicted molar refractivity (Wildman–Crippen MR) is 124 cm³/mol. The second kappa shape index (κ2) is 9.35. The van der Waals surface area contributed by atoms with Crippen LogP contribution in [0.5, 0.6) is 5.75 Å². The first-order chi connectivity index (χ1) is 15.0. The van der Waals surface area contributed by atoms with Gasteiger partial charge >= 0.3 is 0 Å². The highest BCUT2D eigenvalue weighted by atomic mass is 35.5. The van der Waals surface area contributed by atoms with Crippen LogP contribution in [-0.2, 0) is 4.79 Å². The second-order valence-corrected chi connectivity index (χ2v) is 8.11. The van der Waals surface area contributed by atoms with E-state index in [-0.39, 0.29) is 11.8 Å². The number of benzene rings is 2. The molecular formula is C24H25ClN4O2. The van der Waals surface area contributed by atoms with E-state index in [0.717, 1.165) is 37.3 Å². The van der Waals surface area contributed by atoms with Crippen molar-refractivity contribution in [3.8, 4) is 17.1 Å². The van der Waals surface area contributed by atoms with E-state index in [1.54, 1.807) is 31.5 Å². The SMILES string of the molecule is COc1ccc(NC(=O)C2CCN(c3ccnc(-c4ccc(C)cc4)n3)CC2)cc1Cl. The number of nitrogens with zero attached hydrogens (tertiary/aromatic N) is 3. The summed E-state index contributed by atoms with van der Waals surface area (Å²) in [6.07, 6.45) is 3.32. The van der Waals surface area contributed by atoms with Gasteiger partial charge in [0.2, 0.25) is 5.91 Å². The van der Waals surface area contributed by atoms with Gasteiger partial charge in [-0.3, -0.25) is 4.79 Å². The summed E-state index contributed by atoms with van der Waals surface area (Å²) in [5, 5.41) is 3.45. The van der Waals surface area contributed by atoms with E-state index in [0.29, 0.717) is 22.3 Å². The van der Waals surface area contributed by atoms with Gasteiger partial charge in [-0.05, 0) is 44.0 Å². The highest BCUT2D eigenvalue weighted by Crippen LogP contribution is 2.29. The number of carbonyl (C=O) groups is 1. The van der Waals surface area contributed by atoms with Crippen LogP contribution in [0.3, 0.4) is 0 Å². The number of carbonyl (C=O) groups excluding carboxylic acids is 1. The molecule has 2 heterocycles. The number of halogens is 1. The molecular weight excluding hydrogens is 412 g/mol. The zero-order valence-electron chi connectivity index (χ0n) is 17.6. The van der Waals surface area contributed by atoms with Gasteiger partial charge in [-0.15, -0.1) is 0 Å². The first-order valence-electron chi connectivity index (χ1n) is 10.3. The van der Waals surface area contributed by atoms with Crippen LogP contribution in [0.15, 0.2) is 54.7 Å². The standard InChI is InChI=1S/C24H25ClN4O2/c1-16-3-5-17(6-4-16)23-26-12-9-22(28-23)29-13-10-18(11-14-29)24(30)27-19-7-8-21(31-2)20(25)15-19/h3-9,12,15,18H,10-11,13-14H2,1-2H3,(H,27,30). The Kier molecular flexibility index (Phi) is 6.37. The lowest BCUT2D eigenvalue weighted by atomic mass is 9.96. The van der Waals surface area contributed by atoms with Crippen LogP contribution in [0.4, 0.5) is 11.5 Å². The number of piperidine rings is 1. The quantitative estimate of drug-likeness (QED) is 0.611. The van der Waals surface area contributed by atoms with Crippen LogP contribution in [-0.4, -0.2) is 36.1 Å². The Hall–Kier alpha value is -3.12. The summed E-state index contributed by atoms with van der Waals surface area (Å²) in [4.78, 5) is 24.1. The molecule has 7 heteroatoms. The molecule has 1 saturated heterocycles. The molecule has 0 radical (unpaired) electrons. The van der Waals surface area contributed by atoms with Gasteiger partial charge in [-0.25, -0.2) is 9.97 Å². The number of aryl methyl sites for hydroxylation is 1. The molecule has 0 unspecified atom stereocenters. The van der Waals surface area contributed by atoms with Crippen LogP contribution < -0.4 is 15.0 Å². The van der Waals surface area contributed by atoms with Crippen LogP contribution >= 0.6 is 11.6 Å². The van der Waals surface area contributed by atoms with Gasteiger partial charge in [0.25, 0.3) is 0 Å². The minimum absolute atomic E-state index is 0.0175. The molecule has 6 nitrogen and oxygen atoms in total. The third-order valence-corrected chi connectivity index (χ3v) is 5.86. The molecule has 0 atom stereocenters. The number of rotatable bonds is 5. The smallest absolute Gasteiger partial charge is 0.227 e. The second-order valence-electron chi connectivity index (χ2n) is 7.70. The molecule has 0 saturated carbocycles. The number of hydrogen-bond donors (Lipinski definition) is 1. The van der Waals surface area contributed by atoms with Crippen LogP contribution in [0.1, 0.15) is 18.4 Å². The summed E-state index contributed by atoms with van der Waals surface area (Å²) in [6.45, 7) is 3.60. The van der Waals surface area contributed by atoms with E-state index in [1.165, 1.54) is 5.56 Å². The van der Waals surface area contributed by atoms with Gasteiger partial charge in [0.05, 0.1) is 12.1 Å². The summed E-state index contributed by atoms with van der Waals surface area (Å²) in [5.41, 5.74) is 2.88. The lowest BCUT2D eigenvalue weighted by molar-refractivity contribution is -0.120. The fraction of sp³-hybridized carbons (Fsp3) is 0.292. The number of hydrogen-bond acceptors (Lipinski definition) is 5. The summed E-state index contributed by atoms with van der Waals surface area (Å²) in [7, 11) is 1.56. The molecule has 0 bridgehead atoms. The van der Waals surface area contributed by atoms with Crippen molar-refractivity contribution in [2.75, 3.05) is 30.4 Å². The fourth-order valence-corrected chi connectivity index (χ4v) is 3.98. The molecule has 1 N–H and O–H groups in total. The fourth-order valence-electron chi connectivity index (χ4n) is 3.73. The minimum atomic E-state index is -0.0458. The van der Waals surface area contributed by atoms with Crippen molar-refractivity contribution >= 4 is 29.0 Å². The molecule has 160 valence electrons. The Morgan fingerprint density at radius 1 is 1.13 bits per heavy atom. The van der Waals surface area contributed by atoms with Gasteiger partial charge in [0.1, 0.15) is 11.6 Å². The first kappa shape index (κ1) is 21.1. The number of methoxy groups -OCH3 is 1. The molecule has 0 spiro atoms. The Balaban J connectivity index is 1.37. The number of amides is 1. The maximum atomic E-state index is 12.7. The Morgan fingerprint density at radius 2 is 1.87 bits per heavy atom. The van der Waals surface area contributed by atoms with E-state index < -0.39 is 0 Å². The van der Waals surface area contributed by atoms with Crippen LogP contribution in [0.2, 0.25) is 5.02 Å². The largest absolute Gasteiger partial charge is 0.495 e. The Morgan fingerprint density at radius 3 is 2.55 bits per heavy atom. The highest BCUT2D eigenvalue weighted by molar-refractivity contribution is 6.32. The van der Waals surface area contributed by atoms with E-state index in [1.807, 2.05) is 18.2 Å². The summed E-state index contributed by atoms with van der Waals surface area (Å²) >= 11 is 6.16. The van der Waals surface area contributed by atoms with Crippen LogP contribution in [0.25, 0.3) is 11.4 Å². The molecule has 1 aliphatic heterocycles. The topological polar surface area (TPSA) is 67.3 Å². The highest BCUT2D eigenvalue weighted by Gasteiger charge is 2.26. The van der Waals surface area contributed by atoms with Gasteiger partial charge in [0.15, 0.2) is 5.82 Å². The maximum absolute atomic E-state index is 12.7. The molecule has 31 heavy (non-hydrogen) atoms. The molecule has 4 rings (SSSR count). The van der Waals surface area contributed by atoms with Gasteiger partial charge in [-0.1, -0.05) is 41.4 Å². The summed E-state index contributed by atoms with van der Waals surface area (Å²) < 4.78 is 5.16. The minimum Gasteiger partial charge on any atom is -0.495 e. The molecule has 1 aromatic heterocycles. The van der Waals surface area contributed by atoms with Crippen molar-refractivity contribution in [3.63, 3.8) is 0 Å². The summed E-state index contributed by atoms with van der Waals surface area (Å²) in [6, 6.07) is 15.4. The first-order valence-corrected chi connectivity index (χ1v) is 10.7. The zero-order chi connectivity index (χ0) is 21.8. The van der Waals surface area contributed by atoms with Gasteiger partial charge in [-0.2, -0.15) is 0 Å². The maximum Gasteiger partial charge on any atom is 0.227 e. The van der Waals surface area contributed by atoms with Crippen LogP contribution in [0, 0.1) is 12.8 Å². The normalized spacial score (nSPS) is 14.4. The van der Waals surface area contributed by atoms with E-state index in [2.05, 4.69) is 34.3 Å². The van der Waals surface area contributed by atoms with E-state index >= 15 is 0 Å². The lowest BCUT2D eigenvalue weighted by Gasteiger charge is -2.32. The molecule has 0 aliphatic carbocycles. The average molecular weight is 437 g/mol. The Bertz CT molecular complexity index is 1060. The molecule has 1 amide bonds. The average Bonchev–Trinajstić information content (AvgIpc) is 2.80. The molecule has 1 aliphatic rings. The molecule has 1 fully saturated rings. The molecule has 2 aromatic carbocycles. The third kappa shape index (κ3) is 4.97. The number of nitrogens with one attached hydrogen (secondary N) is 1. The monoisotopic (exact) mass is 436 g/mol. The Labute approximate surface area is 187 Å². The van der Waals surface area contributed by atoms with Crippen molar-refractivity contribution in [2.24, 2.45) is 5.92 Å². The van der Waals surface area contributed by atoms with Crippen molar-refractivity contribution in [2.45, 2.75) is 19.8 Å². The van der Waals surface area contributed by atoms with Crippen molar-refractivity contribution in [1.82, 2.24) is 9.97 Å². The van der Waals surface area contributed by atoms with Crippen molar-refractivity contribution in [1.29, 1.82) is 0 Å². The number of anilines is 2. The van der Waals surface area contributed by atoms with Crippen molar-refractivity contribution < 1.29 is 9.53 Å². The van der Waals surface area contributed by atoms with Gasteiger partial charge in [0, 0.05) is 36.5 Å². The lowest BCUT2D eigenvalue weighted by Crippen LogP contribution is -2.38. The van der Waals surface area contributed by atoms with E-state index in [9.17, 15) is 4.79 Å². The number of ether oxygens (including phenoxy) is 1. The third-order valence-electron chi connectivity index (χ3n) is 5.56. The predicted octanol–water partition coefficient (Wildman–Crippen LogP) is 4.97. The van der Waals surface area contributed by atoms with Gasteiger partial charge < -0.3 is 15.0 Å². The number of aromatic nitrogens is 2. The van der Waals surface area contributed by atoms with E-state index in [4.69, 9.17) is 21.3 Å². The summed E-state index contributed by atoms with van der Waals surface area (Å²) in [5.74, 6) is 2.17.